The average molecular weight is 451 g/mol. The summed E-state index contributed by atoms with van der Waals surface area (Å²) >= 11 is 0. The molecule has 10 nitrogen and oxygen atoms in total. The van der Waals surface area contributed by atoms with Gasteiger partial charge >= 0.3 is 6.09 Å². The van der Waals surface area contributed by atoms with E-state index in [1.165, 1.54) is 19.2 Å². The molecule has 1 aliphatic rings. The first-order valence-corrected chi connectivity index (χ1v) is 10.7. The number of hydrogen-bond donors (Lipinski definition) is 1. The van der Waals surface area contributed by atoms with E-state index in [9.17, 15) is 19.7 Å². The number of nitro benzene ring substituents is 1. The van der Waals surface area contributed by atoms with Gasteiger partial charge in [-0.25, -0.2) is 4.79 Å². The molecule has 10 heteroatoms. The van der Waals surface area contributed by atoms with Gasteiger partial charge in [-0.3, -0.25) is 19.8 Å². The summed E-state index contributed by atoms with van der Waals surface area (Å²) in [6.07, 6.45) is 1.47. The number of nitro groups is 1. The van der Waals surface area contributed by atoms with Gasteiger partial charge in [-0.2, -0.15) is 0 Å². The minimum Gasteiger partial charge on any atom is -0.496 e. The molecule has 32 heavy (non-hydrogen) atoms. The Hall–Kier alpha value is -2.88. The van der Waals surface area contributed by atoms with Crippen LogP contribution in [0.5, 0.6) is 5.75 Å². The molecule has 2 rings (SSSR count). The highest BCUT2D eigenvalue weighted by Gasteiger charge is 2.30. The van der Waals surface area contributed by atoms with Crippen LogP contribution in [0, 0.1) is 16.0 Å². The van der Waals surface area contributed by atoms with Gasteiger partial charge in [0.1, 0.15) is 17.0 Å². The Kier molecular flexibility index (Phi) is 8.43. The van der Waals surface area contributed by atoms with Crippen molar-refractivity contribution in [2.45, 2.75) is 52.2 Å². The Bertz CT molecular complexity index is 838. The van der Waals surface area contributed by atoms with Gasteiger partial charge in [-0.1, -0.05) is 0 Å². The van der Waals surface area contributed by atoms with Crippen molar-refractivity contribution in [1.29, 1.82) is 0 Å². The fourth-order valence-corrected chi connectivity index (χ4v) is 3.70. The zero-order valence-corrected chi connectivity index (χ0v) is 19.7. The van der Waals surface area contributed by atoms with E-state index >= 15 is 0 Å². The van der Waals surface area contributed by atoms with Crippen molar-refractivity contribution in [1.82, 2.24) is 9.80 Å². The van der Waals surface area contributed by atoms with Gasteiger partial charge in [-0.15, -0.1) is 0 Å². The first-order valence-electron chi connectivity index (χ1n) is 10.7. The molecule has 2 unspecified atom stereocenters. The molecule has 1 aromatic carbocycles. The van der Waals surface area contributed by atoms with Crippen molar-refractivity contribution in [2.24, 2.45) is 5.92 Å². The summed E-state index contributed by atoms with van der Waals surface area (Å²) in [5, 5.41) is 14.1. The van der Waals surface area contributed by atoms with Crippen molar-refractivity contribution in [3.05, 3.63) is 28.3 Å². The van der Waals surface area contributed by atoms with E-state index < -0.39 is 16.6 Å². The van der Waals surface area contributed by atoms with Crippen LogP contribution in [0.4, 0.5) is 16.2 Å². The number of piperidine rings is 1. The SMILES string of the molecule is COc1ccc(NC(=O)C(C)N2CCCC(CN(C)C(=O)OC(C)(C)C)C2)c([N+](=O)[O-])c1. The molecule has 2 atom stereocenters. The lowest BCUT2D eigenvalue weighted by molar-refractivity contribution is -0.384. The quantitative estimate of drug-likeness (QED) is 0.499. The second-order valence-corrected chi connectivity index (χ2v) is 9.17. The fourth-order valence-electron chi connectivity index (χ4n) is 3.70. The molecule has 1 aliphatic heterocycles. The number of hydrogen-bond acceptors (Lipinski definition) is 7. The fraction of sp³-hybridized carbons (Fsp3) is 0.636. The van der Waals surface area contributed by atoms with Crippen LogP contribution in [-0.2, 0) is 9.53 Å². The molecule has 1 heterocycles. The van der Waals surface area contributed by atoms with Crippen LogP contribution in [0.15, 0.2) is 18.2 Å². The molecular weight excluding hydrogens is 416 g/mol. The average Bonchev–Trinajstić information content (AvgIpc) is 2.72. The molecule has 0 spiro atoms. The molecule has 0 saturated carbocycles. The first-order chi connectivity index (χ1) is 14.9. The summed E-state index contributed by atoms with van der Waals surface area (Å²) in [4.78, 5) is 39.5. The third-order valence-corrected chi connectivity index (χ3v) is 5.37. The van der Waals surface area contributed by atoms with Gasteiger partial charge in [0, 0.05) is 20.1 Å². The van der Waals surface area contributed by atoms with Crippen LogP contribution in [0.25, 0.3) is 0 Å². The summed E-state index contributed by atoms with van der Waals surface area (Å²) in [5.41, 5.74) is -0.646. The Morgan fingerprint density at radius 1 is 1.38 bits per heavy atom. The lowest BCUT2D eigenvalue weighted by Crippen LogP contribution is -2.49. The van der Waals surface area contributed by atoms with Gasteiger partial charge in [-0.05, 0) is 65.1 Å². The Morgan fingerprint density at radius 3 is 2.66 bits per heavy atom. The third kappa shape index (κ3) is 7.08. The zero-order chi connectivity index (χ0) is 24.1. The third-order valence-electron chi connectivity index (χ3n) is 5.37. The first kappa shape index (κ1) is 25.4. The number of methoxy groups -OCH3 is 1. The van der Waals surface area contributed by atoms with E-state index in [0.717, 1.165) is 19.4 Å². The second kappa shape index (κ2) is 10.6. The van der Waals surface area contributed by atoms with Crippen molar-refractivity contribution < 1.29 is 24.0 Å². The van der Waals surface area contributed by atoms with E-state index in [2.05, 4.69) is 5.32 Å². The van der Waals surface area contributed by atoms with Crippen LogP contribution in [0.1, 0.15) is 40.5 Å². The molecule has 0 aromatic heterocycles. The monoisotopic (exact) mass is 450 g/mol. The normalized spacial score (nSPS) is 17.9. The molecule has 1 aromatic rings. The predicted octanol–water partition coefficient (Wildman–Crippen LogP) is 3.51. The highest BCUT2D eigenvalue weighted by Crippen LogP contribution is 2.29. The number of nitrogens with zero attached hydrogens (tertiary/aromatic N) is 3. The van der Waals surface area contributed by atoms with Crippen LogP contribution in [0.3, 0.4) is 0 Å². The van der Waals surface area contributed by atoms with Crippen LogP contribution in [-0.4, -0.2) is 72.2 Å². The lowest BCUT2D eigenvalue weighted by Gasteiger charge is -2.37. The van der Waals surface area contributed by atoms with E-state index in [1.807, 2.05) is 25.7 Å². The molecule has 1 saturated heterocycles. The van der Waals surface area contributed by atoms with E-state index in [4.69, 9.17) is 9.47 Å². The van der Waals surface area contributed by atoms with Gasteiger partial charge in [0.15, 0.2) is 0 Å². The molecule has 0 radical (unpaired) electrons. The van der Waals surface area contributed by atoms with E-state index in [-0.39, 0.29) is 29.3 Å². The van der Waals surface area contributed by atoms with Gasteiger partial charge in [0.05, 0.1) is 24.1 Å². The number of amides is 2. The van der Waals surface area contributed by atoms with E-state index in [0.29, 0.717) is 18.8 Å². The topological polar surface area (TPSA) is 114 Å². The lowest BCUT2D eigenvalue weighted by atomic mass is 9.96. The predicted molar refractivity (Wildman–Crippen MR) is 121 cm³/mol. The van der Waals surface area contributed by atoms with Crippen LogP contribution in [0.2, 0.25) is 0 Å². The Balaban J connectivity index is 1.99. The Labute approximate surface area is 189 Å². The highest BCUT2D eigenvalue weighted by molar-refractivity contribution is 5.96. The minimum atomic E-state index is -0.555. The van der Waals surface area contributed by atoms with Crippen LogP contribution < -0.4 is 10.1 Å². The largest absolute Gasteiger partial charge is 0.496 e. The van der Waals surface area contributed by atoms with Crippen molar-refractivity contribution >= 4 is 23.4 Å². The minimum absolute atomic E-state index is 0.130. The molecule has 178 valence electrons. The summed E-state index contributed by atoms with van der Waals surface area (Å²) in [6, 6.07) is 3.84. The maximum atomic E-state index is 12.8. The van der Waals surface area contributed by atoms with Gasteiger partial charge in [0.25, 0.3) is 5.69 Å². The number of ether oxygens (including phenoxy) is 2. The van der Waals surface area contributed by atoms with Gasteiger partial charge < -0.3 is 19.7 Å². The summed E-state index contributed by atoms with van der Waals surface area (Å²) in [7, 11) is 3.14. The molecule has 1 N–H and O–H groups in total. The molecule has 0 aliphatic carbocycles. The second-order valence-electron chi connectivity index (χ2n) is 9.17. The zero-order valence-electron chi connectivity index (χ0n) is 19.7. The number of rotatable bonds is 7. The van der Waals surface area contributed by atoms with E-state index in [1.54, 1.807) is 24.9 Å². The summed E-state index contributed by atoms with van der Waals surface area (Å²) < 4.78 is 10.4. The molecule has 0 bridgehead atoms. The number of anilines is 1. The summed E-state index contributed by atoms with van der Waals surface area (Å²) in [6.45, 7) is 9.18. The number of likely N-dealkylation sites (tertiary alicyclic amines) is 1. The number of nitrogens with one attached hydrogen (secondary N) is 1. The molecule has 2 amide bonds. The smallest absolute Gasteiger partial charge is 0.410 e. The maximum Gasteiger partial charge on any atom is 0.410 e. The van der Waals surface area contributed by atoms with Crippen molar-refractivity contribution in [2.75, 3.05) is 39.1 Å². The molecule has 1 fully saturated rings. The summed E-state index contributed by atoms with van der Waals surface area (Å²) in [5.74, 6) is 0.224. The number of carbonyl (C=O) groups is 2. The molecular formula is C22H34N4O6. The number of benzene rings is 1. The Morgan fingerprint density at radius 2 is 2.06 bits per heavy atom. The number of carbonyl (C=O) groups excluding carboxylic acids is 2. The standard InChI is InChI=1S/C22H34N4O6/c1-15(20(27)23-18-10-9-17(31-6)12-19(18)26(29)30)25-11-7-8-16(14-25)13-24(5)21(28)32-22(2,3)4/h9-10,12,15-16H,7-8,11,13-14H2,1-6H3,(H,23,27). The van der Waals surface area contributed by atoms with Crippen molar-refractivity contribution in [3.8, 4) is 5.75 Å². The van der Waals surface area contributed by atoms with Crippen molar-refractivity contribution in [3.63, 3.8) is 0 Å². The maximum absolute atomic E-state index is 12.8. The van der Waals surface area contributed by atoms with Gasteiger partial charge in [0.2, 0.25) is 5.91 Å². The van der Waals surface area contributed by atoms with Crippen LogP contribution >= 0.6 is 0 Å². The highest BCUT2D eigenvalue weighted by atomic mass is 16.6.